The van der Waals surface area contributed by atoms with Crippen LogP contribution < -0.4 is 11.3 Å². The van der Waals surface area contributed by atoms with Crippen LogP contribution >= 0.6 is 11.6 Å². The molecule has 12 heteroatoms. The van der Waals surface area contributed by atoms with E-state index in [-0.39, 0.29) is 21.8 Å². The van der Waals surface area contributed by atoms with E-state index in [0.29, 0.717) is 12.3 Å². The predicted octanol–water partition coefficient (Wildman–Crippen LogP) is 3.75. The summed E-state index contributed by atoms with van der Waals surface area (Å²) in [6.45, 7) is 0. The highest BCUT2D eigenvalue weighted by Crippen LogP contribution is 2.35. The van der Waals surface area contributed by atoms with Gasteiger partial charge in [0.15, 0.2) is 0 Å². The average molecular weight is 454 g/mol. The highest BCUT2D eigenvalue weighted by molar-refractivity contribution is 6.33. The lowest BCUT2D eigenvalue weighted by atomic mass is 9.94. The number of aromatic nitrogens is 2. The highest BCUT2D eigenvalue weighted by atomic mass is 35.5. The summed E-state index contributed by atoms with van der Waals surface area (Å²) in [5.41, 5.74) is 1.90. The molecule has 3 aromatic rings. The monoisotopic (exact) mass is 453 g/mol. The van der Waals surface area contributed by atoms with Crippen molar-refractivity contribution in [3.63, 3.8) is 0 Å². The molecule has 5 N–H and O–H groups in total. The zero-order valence-corrected chi connectivity index (χ0v) is 15.9. The molecule has 0 saturated carbocycles. The molecule has 160 valence electrons. The topological polar surface area (TPSA) is 146 Å². The van der Waals surface area contributed by atoms with Crippen molar-refractivity contribution in [2.45, 2.75) is 6.18 Å². The van der Waals surface area contributed by atoms with Crippen molar-refractivity contribution in [3.8, 4) is 22.4 Å². The number of carboxylic acids is 2. The van der Waals surface area contributed by atoms with Crippen LogP contribution in [0.1, 0.15) is 26.3 Å². The fourth-order valence-electron chi connectivity index (χ4n) is 2.94. The fraction of sp³-hybridized carbons (Fsp3) is 0.0526. The van der Waals surface area contributed by atoms with E-state index >= 15 is 0 Å². The van der Waals surface area contributed by atoms with Crippen molar-refractivity contribution in [1.82, 2.24) is 9.97 Å². The molecule has 0 aliphatic rings. The van der Waals surface area contributed by atoms with Crippen LogP contribution in [0.25, 0.3) is 22.4 Å². The Labute approximate surface area is 175 Å². The number of nitrogen functional groups attached to an aromatic ring is 1. The van der Waals surface area contributed by atoms with Gasteiger partial charge >= 0.3 is 18.1 Å². The van der Waals surface area contributed by atoms with Crippen LogP contribution in [0.5, 0.6) is 0 Å². The van der Waals surface area contributed by atoms with Crippen molar-refractivity contribution in [1.29, 1.82) is 0 Å². The minimum Gasteiger partial charge on any atom is -0.478 e. The van der Waals surface area contributed by atoms with E-state index in [0.717, 1.165) is 0 Å². The van der Waals surface area contributed by atoms with Gasteiger partial charge in [-0.1, -0.05) is 35.9 Å². The summed E-state index contributed by atoms with van der Waals surface area (Å²) < 4.78 is 38.3. The summed E-state index contributed by atoms with van der Waals surface area (Å²) in [6.07, 6.45) is -4.02. The molecule has 3 rings (SSSR count). The molecule has 0 atom stereocenters. The maximum atomic E-state index is 12.8. The number of nitrogens with two attached hydrogens (primary N) is 1. The van der Waals surface area contributed by atoms with E-state index in [1.54, 1.807) is 0 Å². The van der Waals surface area contributed by atoms with Crippen LogP contribution in [0, 0.1) is 0 Å². The Morgan fingerprint density at radius 3 is 2.06 bits per heavy atom. The summed E-state index contributed by atoms with van der Waals surface area (Å²) in [6, 6.07) is 5.94. The molecule has 1 aromatic carbocycles. The number of aromatic carboxylic acids is 2. The van der Waals surface area contributed by atoms with Gasteiger partial charge in [0.05, 0.1) is 16.3 Å². The Hall–Kier alpha value is -3.86. The molecule has 0 fully saturated rings. The van der Waals surface area contributed by atoms with Crippen molar-refractivity contribution in [2.24, 2.45) is 0 Å². The van der Waals surface area contributed by atoms with E-state index in [9.17, 15) is 37.8 Å². The van der Waals surface area contributed by atoms with Crippen LogP contribution in [0.2, 0.25) is 5.02 Å². The smallest absolute Gasteiger partial charge is 0.417 e. The molecule has 0 amide bonds. The molecule has 8 nitrogen and oxygen atoms in total. The minimum atomic E-state index is -4.63. The van der Waals surface area contributed by atoms with Gasteiger partial charge in [-0.15, -0.1) is 0 Å². The van der Waals surface area contributed by atoms with Gasteiger partial charge in [0.25, 0.3) is 5.56 Å². The summed E-state index contributed by atoms with van der Waals surface area (Å²) in [5, 5.41) is 18.6. The Balaban J connectivity index is 2.16. The summed E-state index contributed by atoms with van der Waals surface area (Å²) >= 11 is 5.92. The average Bonchev–Trinajstić information content (AvgIpc) is 2.66. The zero-order chi connectivity index (χ0) is 23.1. The van der Waals surface area contributed by atoms with E-state index in [4.69, 9.17) is 17.3 Å². The quantitative estimate of drug-likeness (QED) is 0.470. The Kier molecular flexibility index (Phi) is 5.47. The molecule has 0 aliphatic heterocycles. The summed E-state index contributed by atoms with van der Waals surface area (Å²) in [5.74, 6) is -3.77. The molecular weight excluding hydrogens is 443 g/mol. The number of benzene rings is 1. The van der Waals surface area contributed by atoms with Crippen molar-refractivity contribution >= 4 is 29.4 Å². The van der Waals surface area contributed by atoms with Gasteiger partial charge in [0.2, 0.25) is 0 Å². The van der Waals surface area contributed by atoms with Crippen molar-refractivity contribution in [2.75, 3.05) is 5.73 Å². The molecular formula is C19H11ClF3N3O5. The van der Waals surface area contributed by atoms with Crippen LogP contribution in [0.4, 0.5) is 19.0 Å². The van der Waals surface area contributed by atoms with E-state index in [1.165, 1.54) is 24.3 Å². The van der Waals surface area contributed by atoms with E-state index in [2.05, 4.69) is 4.98 Å². The second-order valence-electron chi connectivity index (χ2n) is 6.23. The first-order valence-corrected chi connectivity index (χ1v) is 8.65. The maximum Gasteiger partial charge on any atom is 0.417 e. The number of H-pyrrole nitrogens is 1. The summed E-state index contributed by atoms with van der Waals surface area (Å²) in [7, 11) is 0. The molecule has 0 saturated heterocycles. The number of nitrogens with zero attached hydrogens (tertiary/aromatic N) is 1. The van der Waals surface area contributed by atoms with E-state index < -0.39 is 51.7 Å². The van der Waals surface area contributed by atoms with Crippen LogP contribution in [-0.4, -0.2) is 32.1 Å². The molecule has 2 heterocycles. The number of rotatable bonds is 4. The minimum absolute atomic E-state index is 0.0172. The number of carbonyl (C=O) groups is 2. The maximum absolute atomic E-state index is 12.8. The number of aromatic amines is 1. The third-order valence-electron chi connectivity index (χ3n) is 4.29. The standard InChI is InChI=1S/C19H11ClF3N3O5/c20-10-5-9(19(21,22)23)6-25-14(10)8-3-1-7(2-4-8)11-12(17(28)29)15(24)26-16(27)13(11)18(30)31/h1-6H,(H,28,29)(H,30,31)(H3,24,26,27). The lowest BCUT2D eigenvalue weighted by Gasteiger charge is -2.13. The van der Waals surface area contributed by atoms with Crippen molar-refractivity contribution in [3.05, 3.63) is 68.6 Å². The number of anilines is 1. The number of nitrogens with one attached hydrogen (secondary N) is 1. The normalized spacial score (nSPS) is 11.4. The first kappa shape index (κ1) is 21.8. The van der Waals surface area contributed by atoms with Crippen LogP contribution in [0.3, 0.4) is 0 Å². The van der Waals surface area contributed by atoms with Gasteiger partial charge in [-0.25, -0.2) is 9.59 Å². The third-order valence-corrected chi connectivity index (χ3v) is 4.58. The number of pyridine rings is 2. The third kappa shape index (κ3) is 4.08. The SMILES string of the molecule is Nc1[nH]c(=O)c(C(=O)O)c(-c2ccc(-c3ncc(C(F)(F)F)cc3Cl)cc2)c1C(=O)O. The largest absolute Gasteiger partial charge is 0.478 e. The number of carboxylic acid groups (broad SMARTS) is 2. The lowest BCUT2D eigenvalue weighted by molar-refractivity contribution is -0.137. The van der Waals surface area contributed by atoms with Crippen LogP contribution in [0.15, 0.2) is 41.3 Å². The molecule has 2 aromatic heterocycles. The number of hydrogen-bond donors (Lipinski definition) is 4. The second-order valence-corrected chi connectivity index (χ2v) is 6.64. The molecule has 31 heavy (non-hydrogen) atoms. The van der Waals surface area contributed by atoms with Gasteiger partial charge < -0.3 is 20.9 Å². The number of halogens is 4. The van der Waals surface area contributed by atoms with E-state index in [1.807, 2.05) is 4.98 Å². The highest BCUT2D eigenvalue weighted by Gasteiger charge is 2.32. The van der Waals surface area contributed by atoms with Gasteiger partial charge in [0.1, 0.15) is 16.9 Å². The first-order valence-electron chi connectivity index (χ1n) is 8.27. The van der Waals surface area contributed by atoms with Crippen LogP contribution in [-0.2, 0) is 6.18 Å². The van der Waals surface area contributed by atoms with Gasteiger partial charge in [-0.2, -0.15) is 13.2 Å². The first-order chi connectivity index (χ1) is 14.4. The number of hydrogen-bond acceptors (Lipinski definition) is 5. The molecule has 0 aliphatic carbocycles. The Morgan fingerprint density at radius 1 is 1.03 bits per heavy atom. The van der Waals surface area contributed by atoms with Gasteiger partial charge in [-0.3, -0.25) is 9.78 Å². The number of alkyl halides is 3. The fourth-order valence-corrected chi connectivity index (χ4v) is 3.21. The van der Waals surface area contributed by atoms with Gasteiger partial charge in [0, 0.05) is 17.3 Å². The Morgan fingerprint density at radius 2 is 1.58 bits per heavy atom. The zero-order valence-electron chi connectivity index (χ0n) is 15.1. The molecule has 0 spiro atoms. The molecule has 0 unspecified atom stereocenters. The van der Waals surface area contributed by atoms with Gasteiger partial charge in [-0.05, 0) is 11.6 Å². The predicted molar refractivity (Wildman–Crippen MR) is 104 cm³/mol. The summed E-state index contributed by atoms with van der Waals surface area (Å²) in [4.78, 5) is 41.0. The second kappa shape index (κ2) is 7.76. The van der Waals surface area contributed by atoms with Crippen molar-refractivity contribution < 1.29 is 33.0 Å². The molecule has 0 bridgehead atoms. The lowest BCUT2D eigenvalue weighted by Crippen LogP contribution is -2.24. The molecule has 0 radical (unpaired) electrons. The Bertz CT molecular complexity index is 1270.